The molecule has 7 nitrogen and oxygen atoms in total. The maximum absolute atomic E-state index is 12.1. The molecule has 20 heavy (non-hydrogen) atoms. The maximum Gasteiger partial charge on any atom is 0.264 e. The van der Waals surface area contributed by atoms with Gasteiger partial charge in [0.05, 0.1) is 12.4 Å². The highest BCUT2D eigenvalue weighted by Crippen LogP contribution is 2.16. The van der Waals surface area contributed by atoms with E-state index in [4.69, 9.17) is 10.8 Å². The monoisotopic (exact) mass is 294 g/mol. The average Bonchev–Trinajstić information content (AvgIpc) is 2.41. The Labute approximate surface area is 116 Å². The number of anilines is 2. The Morgan fingerprint density at radius 2 is 1.75 bits per heavy atom. The lowest BCUT2D eigenvalue weighted by Gasteiger charge is -2.08. The number of nitrogen functional groups attached to an aromatic ring is 1. The molecule has 0 fully saturated rings. The van der Waals surface area contributed by atoms with Gasteiger partial charge in [-0.25, -0.2) is 18.4 Å². The molecule has 0 amide bonds. The van der Waals surface area contributed by atoms with Crippen LogP contribution in [0.25, 0.3) is 0 Å². The zero-order chi connectivity index (χ0) is 14.6. The lowest BCUT2D eigenvalue weighted by Crippen LogP contribution is -2.14. The Morgan fingerprint density at radius 1 is 1.15 bits per heavy atom. The Morgan fingerprint density at radius 3 is 2.30 bits per heavy atom. The molecule has 1 heterocycles. The van der Waals surface area contributed by atoms with E-state index in [1.165, 1.54) is 0 Å². The Kier molecular flexibility index (Phi) is 4.16. The highest BCUT2D eigenvalue weighted by Gasteiger charge is 2.15. The molecular formula is C12H14N4O3S. The van der Waals surface area contributed by atoms with Gasteiger partial charge in [0.1, 0.15) is 4.90 Å². The van der Waals surface area contributed by atoms with Crippen LogP contribution in [0.5, 0.6) is 0 Å². The number of nitrogens with zero attached hydrogens (tertiary/aromatic N) is 2. The first kappa shape index (κ1) is 14.2. The highest BCUT2D eigenvalue weighted by molar-refractivity contribution is 7.92. The zero-order valence-corrected chi connectivity index (χ0v) is 11.3. The fraction of sp³-hybridized carbons (Fsp3) is 0.167. The zero-order valence-electron chi connectivity index (χ0n) is 10.5. The standard InChI is InChI=1S/C12H14N4O3S/c13-12-14-7-11(8-15-12)20(18,19)16-10-3-1-9(2-4-10)5-6-17/h1-4,7-8,16-17H,5-6H2,(H2,13,14,15). The van der Waals surface area contributed by atoms with Crippen molar-refractivity contribution in [2.75, 3.05) is 17.1 Å². The largest absolute Gasteiger partial charge is 0.396 e. The van der Waals surface area contributed by atoms with Crippen LogP contribution in [-0.2, 0) is 16.4 Å². The molecule has 0 aliphatic carbocycles. The summed E-state index contributed by atoms with van der Waals surface area (Å²) in [7, 11) is -3.74. The Balaban J connectivity index is 2.17. The van der Waals surface area contributed by atoms with Crippen LogP contribution in [0.3, 0.4) is 0 Å². The fourth-order valence-corrected chi connectivity index (χ4v) is 2.49. The summed E-state index contributed by atoms with van der Waals surface area (Å²) in [6.07, 6.45) is 2.81. The quantitative estimate of drug-likeness (QED) is 0.734. The van der Waals surface area contributed by atoms with Crippen LogP contribution in [0.2, 0.25) is 0 Å². The molecule has 1 aromatic heterocycles. The van der Waals surface area contributed by atoms with E-state index in [9.17, 15) is 8.42 Å². The first-order chi connectivity index (χ1) is 9.51. The van der Waals surface area contributed by atoms with Crippen LogP contribution in [0.15, 0.2) is 41.6 Å². The van der Waals surface area contributed by atoms with Crippen molar-refractivity contribution >= 4 is 21.7 Å². The molecule has 0 spiro atoms. The van der Waals surface area contributed by atoms with Gasteiger partial charge in [-0.1, -0.05) is 12.1 Å². The van der Waals surface area contributed by atoms with Gasteiger partial charge < -0.3 is 10.8 Å². The molecule has 0 unspecified atom stereocenters. The van der Waals surface area contributed by atoms with E-state index in [0.717, 1.165) is 18.0 Å². The summed E-state index contributed by atoms with van der Waals surface area (Å²) in [6, 6.07) is 6.74. The molecule has 0 saturated carbocycles. The van der Waals surface area contributed by atoms with Crippen molar-refractivity contribution in [2.45, 2.75) is 11.3 Å². The van der Waals surface area contributed by atoms with Crippen molar-refractivity contribution in [3.8, 4) is 0 Å². The van der Waals surface area contributed by atoms with Crippen LogP contribution in [0, 0.1) is 0 Å². The van der Waals surface area contributed by atoms with Crippen LogP contribution in [0.4, 0.5) is 11.6 Å². The van der Waals surface area contributed by atoms with Crippen molar-refractivity contribution in [3.63, 3.8) is 0 Å². The molecule has 0 radical (unpaired) electrons. The van der Waals surface area contributed by atoms with Crippen molar-refractivity contribution in [3.05, 3.63) is 42.2 Å². The van der Waals surface area contributed by atoms with Crippen LogP contribution >= 0.6 is 0 Å². The molecule has 0 aliphatic rings. The third kappa shape index (κ3) is 3.43. The van der Waals surface area contributed by atoms with E-state index in [1.807, 2.05) is 0 Å². The summed E-state index contributed by atoms with van der Waals surface area (Å²) in [5.41, 5.74) is 6.65. The summed E-state index contributed by atoms with van der Waals surface area (Å²) in [6.45, 7) is 0.0495. The van der Waals surface area contributed by atoms with Crippen LogP contribution in [0.1, 0.15) is 5.56 Å². The number of rotatable bonds is 5. The second-order valence-electron chi connectivity index (χ2n) is 4.05. The topological polar surface area (TPSA) is 118 Å². The van der Waals surface area contributed by atoms with Gasteiger partial charge in [-0.2, -0.15) is 0 Å². The van der Waals surface area contributed by atoms with Crippen LogP contribution < -0.4 is 10.5 Å². The van der Waals surface area contributed by atoms with E-state index in [-0.39, 0.29) is 17.5 Å². The molecule has 8 heteroatoms. The number of aliphatic hydroxyl groups excluding tert-OH is 1. The second kappa shape index (κ2) is 5.85. The van der Waals surface area contributed by atoms with Gasteiger partial charge in [0.25, 0.3) is 10.0 Å². The molecule has 4 N–H and O–H groups in total. The van der Waals surface area contributed by atoms with Crippen molar-refractivity contribution < 1.29 is 13.5 Å². The summed E-state index contributed by atoms with van der Waals surface area (Å²) in [5, 5.41) is 8.81. The Bertz CT molecular complexity index is 669. The van der Waals surface area contributed by atoms with Gasteiger partial charge >= 0.3 is 0 Å². The minimum absolute atomic E-state index is 0.0114. The van der Waals surface area contributed by atoms with Gasteiger partial charge in [0.15, 0.2) is 0 Å². The van der Waals surface area contributed by atoms with Crippen molar-refractivity contribution in [1.29, 1.82) is 0 Å². The third-order valence-electron chi connectivity index (χ3n) is 2.57. The molecule has 106 valence electrons. The first-order valence-corrected chi connectivity index (χ1v) is 7.30. The maximum atomic E-state index is 12.1. The van der Waals surface area contributed by atoms with Crippen molar-refractivity contribution in [2.24, 2.45) is 0 Å². The molecule has 0 bridgehead atoms. The van der Waals surface area contributed by atoms with E-state index in [1.54, 1.807) is 24.3 Å². The number of hydrogen-bond acceptors (Lipinski definition) is 6. The predicted octanol–water partition coefficient (Wildman–Crippen LogP) is 0.394. The predicted molar refractivity (Wildman–Crippen MR) is 74.5 cm³/mol. The first-order valence-electron chi connectivity index (χ1n) is 5.81. The molecule has 0 aliphatic heterocycles. The summed E-state index contributed by atoms with van der Waals surface area (Å²) >= 11 is 0. The van der Waals surface area contributed by atoms with Gasteiger partial charge in [0.2, 0.25) is 5.95 Å². The van der Waals surface area contributed by atoms with Gasteiger partial charge in [0, 0.05) is 12.3 Å². The number of nitrogens with two attached hydrogens (primary N) is 1. The minimum atomic E-state index is -3.74. The average molecular weight is 294 g/mol. The third-order valence-corrected chi connectivity index (χ3v) is 3.90. The van der Waals surface area contributed by atoms with E-state index in [2.05, 4.69) is 14.7 Å². The summed E-state index contributed by atoms with van der Waals surface area (Å²) < 4.78 is 26.5. The number of aromatic nitrogens is 2. The number of benzene rings is 1. The fourth-order valence-electron chi connectivity index (χ4n) is 1.55. The molecule has 1 aromatic carbocycles. The van der Waals surface area contributed by atoms with Crippen LogP contribution in [-0.4, -0.2) is 30.1 Å². The minimum Gasteiger partial charge on any atom is -0.396 e. The van der Waals surface area contributed by atoms with Gasteiger partial charge in [-0.3, -0.25) is 4.72 Å². The molecule has 2 rings (SSSR count). The smallest absolute Gasteiger partial charge is 0.264 e. The highest BCUT2D eigenvalue weighted by atomic mass is 32.2. The number of aliphatic hydroxyl groups is 1. The number of sulfonamides is 1. The number of nitrogens with one attached hydrogen (secondary N) is 1. The lowest BCUT2D eigenvalue weighted by molar-refractivity contribution is 0.299. The molecule has 0 atom stereocenters. The molecular weight excluding hydrogens is 280 g/mol. The van der Waals surface area contributed by atoms with Crippen molar-refractivity contribution in [1.82, 2.24) is 9.97 Å². The lowest BCUT2D eigenvalue weighted by atomic mass is 10.1. The van der Waals surface area contributed by atoms with E-state index < -0.39 is 10.0 Å². The van der Waals surface area contributed by atoms with E-state index in [0.29, 0.717) is 12.1 Å². The Hall–Kier alpha value is -2.19. The van der Waals surface area contributed by atoms with E-state index >= 15 is 0 Å². The molecule has 0 saturated heterocycles. The number of hydrogen-bond donors (Lipinski definition) is 3. The summed E-state index contributed by atoms with van der Waals surface area (Å²) in [4.78, 5) is 7.23. The summed E-state index contributed by atoms with van der Waals surface area (Å²) in [5.74, 6) is 0.0114. The normalized spacial score (nSPS) is 11.2. The SMILES string of the molecule is Nc1ncc(S(=O)(=O)Nc2ccc(CCO)cc2)cn1. The molecule has 2 aromatic rings. The van der Waals surface area contributed by atoms with Gasteiger partial charge in [-0.05, 0) is 24.1 Å². The van der Waals surface area contributed by atoms with Gasteiger partial charge in [-0.15, -0.1) is 0 Å². The second-order valence-corrected chi connectivity index (χ2v) is 5.74.